The maximum atomic E-state index is 12.6. The molecular weight excluding hydrogens is 1290 g/mol. The minimum absolute atomic E-state index is 0.840. The first-order valence-electron chi connectivity index (χ1n) is 30.0. The van der Waals surface area contributed by atoms with Crippen LogP contribution in [0.3, 0.4) is 0 Å². The predicted octanol–water partition coefficient (Wildman–Crippen LogP) is -17.1. The van der Waals surface area contributed by atoms with Crippen LogP contribution in [0.25, 0.3) is 0 Å². The predicted molar refractivity (Wildman–Crippen MR) is 286 cm³/mol. The third kappa shape index (κ3) is 16.4. The second-order valence-corrected chi connectivity index (χ2v) is 23.9. The Balaban J connectivity index is 0.934. The number of rotatable bonds is 23. The van der Waals surface area contributed by atoms with E-state index in [0.717, 1.165) is 13.8 Å². The van der Waals surface area contributed by atoms with E-state index in [0.29, 0.717) is 0 Å². The van der Waals surface area contributed by atoms with Gasteiger partial charge in [-0.3, -0.25) is 9.59 Å². The monoisotopic (exact) mass is 1380 g/mol. The normalized spacial score (nSPS) is 51.2. The van der Waals surface area contributed by atoms with Gasteiger partial charge in [-0.05, 0) is 6.92 Å². The zero-order valence-electron chi connectivity index (χ0n) is 50.3. The Kier molecular flexibility index (Phi) is 27.3. The van der Waals surface area contributed by atoms with E-state index in [9.17, 15) is 127 Å². The number of aliphatic hydroxyl groups is 23. The van der Waals surface area contributed by atoms with Gasteiger partial charge in [0.25, 0.3) is 0 Å². The van der Waals surface area contributed by atoms with Crippen LogP contribution in [0.5, 0.6) is 0 Å². The SMILES string of the molecule is CC(=O)N[C@@H]1[C@@H](O[C@@H]2O[C@H](CO)[C@H](O[C@H]3O[C@H](CO)[C@H](O)[C@H](O[C@H]4O[C@H](CO)[C@H](O)[C@H](O)[C@H]4O[C@@H]4O[C@@H](C)[C@@H](O)[C@@H](O)[C@@H]4O)[C@H]3O)[C@H](O)[C@H]2O)[C@@H](O)[C@@H](CO[C@@H]2O[C@H](CO)[C@@H](O[C@@H]3O[C@H](CO)[C@H](O[C@H]4O[C@H](CO)[C@H](O)[C@H](O)[C@@H]4O)[C@H](O)[C@H]3O)[C@H](O)[C@H]2NC(C)=O)O[C@@H]1O. The van der Waals surface area contributed by atoms with Crippen molar-refractivity contribution >= 4 is 11.8 Å². The number of nitrogens with one attached hydrogen (secondary N) is 2. The van der Waals surface area contributed by atoms with E-state index in [1.54, 1.807) is 0 Å². The van der Waals surface area contributed by atoms with Crippen LogP contribution in [-0.4, -0.2) is 421 Å². The Morgan fingerprint density at radius 2 is 0.628 bits per heavy atom. The topological polar surface area (TPSA) is 662 Å². The Bertz CT molecular complexity index is 2360. The quantitative estimate of drug-likeness (QED) is 0.0452. The van der Waals surface area contributed by atoms with Gasteiger partial charge in [-0.15, -0.1) is 0 Å². The Morgan fingerprint density at radius 3 is 1.11 bits per heavy atom. The highest BCUT2D eigenvalue weighted by atomic mass is 16.8. The molecule has 0 bridgehead atoms. The lowest BCUT2D eigenvalue weighted by atomic mass is 9.94. The molecule has 94 heavy (non-hydrogen) atoms. The zero-order valence-corrected chi connectivity index (χ0v) is 50.3. The summed E-state index contributed by atoms with van der Waals surface area (Å²) in [4.78, 5) is 25.1. The van der Waals surface area contributed by atoms with Crippen LogP contribution in [0.2, 0.25) is 0 Å². The average molecular weight is 1380 g/mol. The Morgan fingerprint density at radius 1 is 0.298 bits per heavy atom. The molecule has 8 aliphatic heterocycles. The van der Waals surface area contributed by atoms with Gasteiger partial charge >= 0.3 is 0 Å². The number of amides is 2. The molecule has 8 aliphatic rings. The van der Waals surface area contributed by atoms with Crippen LogP contribution in [0.4, 0.5) is 0 Å². The minimum Gasteiger partial charge on any atom is -0.394 e. The van der Waals surface area contributed by atoms with Crippen molar-refractivity contribution in [1.82, 2.24) is 10.6 Å². The van der Waals surface area contributed by atoms with Crippen molar-refractivity contribution in [3.8, 4) is 0 Å². The molecule has 0 aliphatic carbocycles. The van der Waals surface area contributed by atoms with Crippen molar-refractivity contribution in [2.24, 2.45) is 0 Å². The first-order chi connectivity index (χ1) is 44.4. The molecular formula is C52H88N2O40. The van der Waals surface area contributed by atoms with E-state index in [1.165, 1.54) is 6.92 Å². The zero-order chi connectivity index (χ0) is 69.2. The van der Waals surface area contributed by atoms with Gasteiger partial charge in [-0.1, -0.05) is 0 Å². The summed E-state index contributed by atoms with van der Waals surface area (Å²) in [5.74, 6) is -1.70. The molecule has 8 saturated heterocycles. The summed E-state index contributed by atoms with van der Waals surface area (Å²) in [5.41, 5.74) is 0. The first kappa shape index (κ1) is 77.2. The highest BCUT2D eigenvalue weighted by Crippen LogP contribution is 2.38. The Hall–Kier alpha value is -2.58. The molecule has 0 aromatic heterocycles. The van der Waals surface area contributed by atoms with Crippen molar-refractivity contribution < 1.29 is 198 Å². The van der Waals surface area contributed by atoms with Crippen LogP contribution in [0, 0.1) is 0 Å². The standard InChI is InChI=1S/C52H88N2O40/c1-11-23(63)29(69)34(74)47(81-11)94-44-31(71)25(65)15(5-56)85-52(44)93-43-26(66)16(6-57)84-51(38(43)78)91-41-19(9-60)88-50(37(77)33(41)73)92-42-22(54-13(3)62)45(79)82-20(27(42)67)10-80-46-21(53-12(2)61)28(68)39(17(7-58)86-46)89-49-36(76)32(72)40(18(8-59)87-49)90-48-35(75)30(70)24(64)14(4-55)83-48/h11,14-52,55-60,63-79H,4-10H2,1-3H3,(H,53,61)(H,54,62)/t11-,14+,15+,16+,17+,18+,19+,20+,21+,22+,23+,24-,25-,26-,27-,28+,29+,30-,31-,32+,33+,34-,35-,36+,37+,38+,39+,40-,41-,42+,43-,44+,45-,46+,47-,48+,49-,50-,51+,52+/m0/s1. The molecule has 25 N–H and O–H groups in total. The van der Waals surface area contributed by atoms with E-state index in [-0.39, 0.29) is 0 Å². The van der Waals surface area contributed by atoms with Crippen LogP contribution in [-0.2, 0) is 80.6 Å². The van der Waals surface area contributed by atoms with Crippen molar-refractivity contribution in [3.63, 3.8) is 0 Å². The maximum absolute atomic E-state index is 12.6. The summed E-state index contributed by atoms with van der Waals surface area (Å²) in [5, 5.41) is 254. The summed E-state index contributed by atoms with van der Waals surface area (Å²) in [6.07, 6.45) is -73.2. The molecule has 0 aromatic rings. The lowest BCUT2D eigenvalue weighted by Crippen LogP contribution is -2.69. The van der Waals surface area contributed by atoms with Crippen molar-refractivity contribution in [1.29, 1.82) is 0 Å². The van der Waals surface area contributed by atoms with Crippen molar-refractivity contribution in [3.05, 3.63) is 0 Å². The minimum atomic E-state index is -2.32. The third-order valence-corrected chi connectivity index (χ3v) is 17.4. The van der Waals surface area contributed by atoms with Crippen LogP contribution < -0.4 is 10.6 Å². The van der Waals surface area contributed by atoms with Gasteiger partial charge in [0.1, 0.15) is 189 Å². The van der Waals surface area contributed by atoms with Gasteiger partial charge in [0.2, 0.25) is 11.8 Å². The number of hydrogen-bond acceptors (Lipinski definition) is 40. The summed E-state index contributed by atoms with van der Waals surface area (Å²) in [7, 11) is 0. The number of ether oxygens (including phenoxy) is 15. The summed E-state index contributed by atoms with van der Waals surface area (Å²) in [6.45, 7) is -3.66. The van der Waals surface area contributed by atoms with Gasteiger partial charge in [0, 0.05) is 13.8 Å². The number of carbonyl (C=O) groups excluding carboxylic acids is 2. The van der Waals surface area contributed by atoms with Crippen LogP contribution in [0.15, 0.2) is 0 Å². The molecule has 0 aromatic carbocycles. The Labute approximate surface area is 532 Å². The molecule has 0 saturated carbocycles. The molecule has 42 heteroatoms. The smallest absolute Gasteiger partial charge is 0.217 e. The molecule has 8 fully saturated rings. The van der Waals surface area contributed by atoms with Gasteiger partial charge in [0.05, 0.1) is 52.4 Å². The summed E-state index contributed by atoms with van der Waals surface area (Å²) in [6, 6.07) is -3.49. The number of aliphatic hydroxyl groups excluding tert-OH is 23. The summed E-state index contributed by atoms with van der Waals surface area (Å²) < 4.78 is 85.7. The lowest BCUT2D eigenvalue weighted by molar-refractivity contribution is -0.397. The van der Waals surface area contributed by atoms with Gasteiger partial charge in [0.15, 0.2) is 50.3 Å². The number of hydrogen-bond donors (Lipinski definition) is 25. The molecule has 2 amide bonds. The summed E-state index contributed by atoms with van der Waals surface area (Å²) >= 11 is 0. The number of carbonyl (C=O) groups is 2. The van der Waals surface area contributed by atoms with Gasteiger partial charge < -0.3 is 199 Å². The van der Waals surface area contributed by atoms with Gasteiger partial charge in [-0.2, -0.15) is 0 Å². The third-order valence-electron chi connectivity index (χ3n) is 17.4. The fourth-order valence-corrected chi connectivity index (χ4v) is 12.1. The molecule has 8 rings (SSSR count). The molecule has 42 nitrogen and oxygen atoms in total. The lowest BCUT2D eigenvalue weighted by Gasteiger charge is -2.50. The van der Waals surface area contributed by atoms with E-state index in [2.05, 4.69) is 10.6 Å². The van der Waals surface area contributed by atoms with Crippen LogP contribution in [0.1, 0.15) is 20.8 Å². The highest BCUT2D eigenvalue weighted by Gasteiger charge is 2.59. The average Bonchev–Trinajstić information content (AvgIpc) is 0.794. The van der Waals surface area contributed by atoms with E-state index in [1.807, 2.05) is 0 Å². The second-order valence-electron chi connectivity index (χ2n) is 23.9. The molecule has 0 radical (unpaired) electrons. The van der Waals surface area contributed by atoms with Gasteiger partial charge in [-0.25, -0.2) is 0 Å². The van der Waals surface area contributed by atoms with E-state index >= 15 is 0 Å². The molecule has 546 valence electrons. The maximum Gasteiger partial charge on any atom is 0.217 e. The molecule has 0 unspecified atom stereocenters. The fraction of sp³-hybridized carbons (Fsp3) is 0.962. The molecule has 40 atom stereocenters. The second kappa shape index (κ2) is 33.3. The molecule has 0 spiro atoms. The van der Waals surface area contributed by atoms with E-state index in [4.69, 9.17) is 71.1 Å². The molecule has 8 heterocycles. The first-order valence-corrected chi connectivity index (χ1v) is 30.0. The van der Waals surface area contributed by atoms with Crippen molar-refractivity contribution in [2.45, 2.75) is 266 Å². The largest absolute Gasteiger partial charge is 0.394 e. The highest BCUT2D eigenvalue weighted by molar-refractivity contribution is 5.73. The van der Waals surface area contributed by atoms with E-state index < -0.39 is 304 Å². The van der Waals surface area contributed by atoms with Crippen LogP contribution >= 0.6 is 0 Å². The van der Waals surface area contributed by atoms with Crippen molar-refractivity contribution in [2.75, 3.05) is 46.2 Å². The fourth-order valence-electron chi connectivity index (χ4n) is 12.1.